The Bertz CT molecular complexity index is 708. The first-order chi connectivity index (χ1) is 11.1. The van der Waals surface area contributed by atoms with Crippen molar-refractivity contribution in [3.8, 4) is 5.75 Å². The highest BCUT2D eigenvalue weighted by atomic mass is 16.5. The van der Waals surface area contributed by atoms with Crippen molar-refractivity contribution in [3.05, 3.63) is 42.0 Å². The number of hydrogen-bond donors (Lipinski definition) is 1. The smallest absolute Gasteiger partial charge is 0.229 e. The lowest BCUT2D eigenvalue weighted by Crippen LogP contribution is -2.40. The standard InChI is InChI=1S/C19H24N2O2/c1-13(19(22)21(2)17-8-9-20-12-17)14-4-5-16-11-18(23-3)7-6-15(16)10-14/h4-7,10-11,13,17,20H,8-9,12H2,1-3H3. The maximum absolute atomic E-state index is 12.7. The van der Waals surface area contributed by atoms with Crippen molar-refractivity contribution in [2.45, 2.75) is 25.3 Å². The maximum Gasteiger partial charge on any atom is 0.229 e. The van der Waals surface area contributed by atoms with Crippen LogP contribution in [0.25, 0.3) is 10.8 Å². The van der Waals surface area contributed by atoms with Crippen LogP contribution in [0, 0.1) is 0 Å². The van der Waals surface area contributed by atoms with Crippen molar-refractivity contribution in [2.24, 2.45) is 0 Å². The van der Waals surface area contributed by atoms with Gasteiger partial charge in [-0.1, -0.05) is 24.3 Å². The third-order valence-corrected chi connectivity index (χ3v) is 4.87. The van der Waals surface area contributed by atoms with E-state index in [0.29, 0.717) is 6.04 Å². The number of methoxy groups -OCH3 is 1. The summed E-state index contributed by atoms with van der Waals surface area (Å²) in [7, 11) is 3.59. The van der Waals surface area contributed by atoms with Crippen molar-refractivity contribution in [1.29, 1.82) is 0 Å². The quantitative estimate of drug-likeness (QED) is 0.944. The Labute approximate surface area is 137 Å². The molecule has 122 valence electrons. The summed E-state index contributed by atoms with van der Waals surface area (Å²) < 4.78 is 5.26. The summed E-state index contributed by atoms with van der Waals surface area (Å²) in [5.74, 6) is 0.904. The average molecular weight is 312 g/mol. The molecule has 2 aromatic carbocycles. The topological polar surface area (TPSA) is 41.6 Å². The zero-order valence-corrected chi connectivity index (χ0v) is 14.0. The monoisotopic (exact) mass is 312 g/mol. The summed E-state index contributed by atoms with van der Waals surface area (Å²) in [5.41, 5.74) is 1.06. The molecule has 0 saturated carbocycles. The minimum atomic E-state index is -0.132. The maximum atomic E-state index is 12.7. The van der Waals surface area contributed by atoms with E-state index in [1.165, 1.54) is 0 Å². The van der Waals surface area contributed by atoms with Crippen LogP contribution in [0.4, 0.5) is 0 Å². The molecule has 0 aliphatic carbocycles. The lowest BCUT2D eigenvalue weighted by Gasteiger charge is -2.27. The molecular formula is C19H24N2O2. The molecule has 0 bridgehead atoms. The molecule has 2 atom stereocenters. The first-order valence-electron chi connectivity index (χ1n) is 8.15. The molecule has 1 N–H and O–H groups in total. The fourth-order valence-electron chi connectivity index (χ4n) is 3.24. The van der Waals surface area contributed by atoms with Crippen molar-refractivity contribution in [2.75, 3.05) is 27.2 Å². The van der Waals surface area contributed by atoms with Gasteiger partial charge in [-0.15, -0.1) is 0 Å². The first kappa shape index (κ1) is 15.8. The Morgan fingerprint density at radius 1 is 1.26 bits per heavy atom. The summed E-state index contributed by atoms with van der Waals surface area (Å²) in [6.07, 6.45) is 1.03. The second-order valence-corrected chi connectivity index (χ2v) is 6.29. The Balaban J connectivity index is 1.82. The number of benzene rings is 2. The zero-order valence-electron chi connectivity index (χ0n) is 14.0. The van der Waals surface area contributed by atoms with E-state index in [0.717, 1.165) is 41.6 Å². The van der Waals surface area contributed by atoms with Crippen LogP contribution in [0.1, 0.15) is 24.8 Å². The van der Waals surface area contributed by atoms with Crippen LogP contribution in [0.3, 0.4) is 0 Å². The fraction of sp³-hybridized carbons (Fsp3) is 0.421. The molecule has 2 unspecified atom stereocenters. The average Bonchev–Trinajstić information content (AvgIpc) is 3.13. The number of nitrogens with one attached hydrogen (secondary N) is 1. The number of hydrogen-bond acceptors (Lipinski definition) is 3. The SMILES string of the molecule is COc1ccc2cc(C(C)C(=O)N(C)C3CCNC3)ccc2c1. The largest absolute Gasteiger partial charge is 0.497 e. The second-order valence-electron chi connectivity index (χ2n) is 6.29. The lowest BCUT2D eigenvalue weighted by molar-refractivity contribution is -0.132. The van der Waals surface area contributed by atoms with Gasteiger partial charge in [-0.05, 0) is 48.4 Å². The molecule has 4 nitrogen and oxygen atoms in total. The summed E-state index contributed by atoms with van der Waals surface area (Å²) >= 11 is 0. The van der Waals surface area contributed by atoms with Crippen LogP contribution < -0.4 is 10.1 Å². The summed E-state index contributed by atoms with van der Waals surface area (Å²) in [6, 6.07) is 12.5. The van der Waals surface area contributed by atoms with Crippen LogP contribution in [0.15, 0.2) is 36.4 Å². The Morgan fingerprint density at radius 3 is 2.70 bits per heavy atom. The molecule has 0 aromatic heterocycles. The van der Waals surface area contributed by atoms with E-state index >= 15 is 0 Å². The van der Waals surface area contributed by atoms with Gasteiger partial charge in [-0.3, -0.25) is 4.79 Å². The molecule has 0 spiro atoms. The van der Waals surface area contributed by atoms with Gasteiger partial charge >= 0.3 is 0 Å². The van der Waals surface area contributed by atoms with E-state index in [1.54, 1.807) is 7.11 Å². The zero-order chi connectivity index (χ0) is 16.4. The molecule has 1 saturated heterocycles. The summed E-state index contributed by atoms with van der Waals surface area (Å²) in [6.45, 7) is 3.88. The lowest BCUT2D eigenvalue weighted by atomic mass is 9.96. The number of rotatable bonds is 4. The van der Waals surface area contributed by atoms with Crippen LogP contribution in [-0.2, 0) is 4.79 Å². The fourth-order valence-corrected chi connectivity index (χ4v) is 3.24. The Hall–Kier alpha value is -2.07. The van der Waals surface area contributed by atoms with Crippen LogP contribution in [0.2, 0.25) is 0 Å². The third-order valence-electron chi connectivity index (χ3n) is 4.87. The van der Waals surface area contributed by atoms with Crippen molar-refractivity contribution < 1.29 is 9.53 Å². The second kappa shape index (κ2) is 6.59. The van der Waals surface area contributed by atoms with Gasteiger partial charge < -0.3 is 15.0 Å². The van der Waals surface area contributed by atoms with Crippen LogP contribution in [0.5, 0.6) is 5.75 Å². The number of ether oxygens (including phenoxy) is 1. The van der Waals surface area contributed by atoms with Crippen LogP contribution in [-0.4, -0.2) is 44.1 Å². The normalized spacial score (nSPS) is 18.8. The van der Waals surface area contributed by atoms with Gasteiger partial charge in [0.15, 0.2) is 0 Å². The number of carbonyl (C=O) groups excluding carboxylic acids is 1. The molecule has 2 aromatic rings. The molecule has 1 aliphatic heterocycles. The molecule has 23 heavy (non-hydrogen) atoms. The van der Waals surface area contributed by atoms with E-state index in [2.05, 4.69) is 17.4 Å². The molecule has 1 fully saturated rings. The number of amides is 1. The first-order valence-corrected chi connectivity index (χ1v) is 8.15. The number of carbonyl (C=O) groups is 1. The van der Waals surface area contributed by atoms with E-state index in [-0.39, 0.29) is 11.8 Å². The number of nitrogens with zero attached hydrogens (tertiary/aromatic N) is 1. The minimum absolute atomic E-state index is 0.132. The van der Waals surface area contributed by atoms with E-state index in [9.17, 15) is 4.79 Å². The number of fused-ring (bicyclic) bond motifs is 1. The van der Waals surface area contributed by atoms with Gasteiger partial charge in [0.1, 0.15) is 5.75 Å². The van der Waals surface area contributed by atoms with E-state index in [4.69, 9.17) is 4.74 Å². The third kappa shape index (κ3) is 3.17. The van der Waals surface area contributed by atoms with Gasteiger partial charge in [-0.2, -0.15) is 0 Å². The molecule has 1 aliphatic rings. The van der Waals surface area contributed by atoms with Gasteiger partial charge in [0.05, 0.1) is 13.0 Å². The molecular weight excluding hydrogens is 288 g/mol. The van der Waals surface area contributed by atoms with Crippen LogP contribution >= 0.6 is 0 Å². The number of likely N-dealkylation sites (N-methyl/N-ethyl adjacent to an activating group) is 1. The van der Waals surface area contributed by atoms with Crippen molar-refractivity contribution in [1.82, 2.24) is 10.2 Å². The molecule has 1 amide bonds. The van der Waals surface area contributed by atoms with Crippen molar-refractivity contribution >= 4 is 16.7 Å². The Morgan fingerprint density at radius 2 is 2.00 bits per heavy atom. The Kier molecular flexibility index (Phi) is 4.53. The molecule has 3 rings (SSSR count). The molecule has 1 heterocycles. The van der Waals surface area contributed by atoms with Gasteiger partial charge in [-0.25, -0.2) is 0 Å². The van der Waals surface area contributed by atoms with E-state index in [1.807, 2.05) is 43.1 Å². The van der Waals surface area contributed by atoms with Gasteiger partial charge in [0.25, 0.3) is 0 Å². The summed E-state index contributed by atoms with van der Waals surface area (Å²) in [4.78, 5) is 14.7. The molecule has 4 heteroatoms. The highest BCUT2D eigenvalue weighted by molar-refractivity contribution is 5.88. The van der Waals surface area contributed by atoms with E-state index < -0.39 is 0 Å². The molecule has 0 radical (unpaired) electrons. The summed E-state index contributed by atoms with van der Waals surface area (Å²) in [5, 5.41) is 5.57. The predicted molar refractivity (Wildman–Crippen MR) is 93.0 cm³/mol. The van der Waals surface area contributed by atoms with Crippen molar-refractivity contribution in [3.63, 3.8) is 0 Å². The van der Waals surface area contributed by atoms with Gasteiger partial charge in [0.2, 0.25) is 5.91 Å². The highest BCUT2D eigenvalue weighted by Crippen LogP contribution is 2.26. The predicted octanol–water partition coefficient (Wildman–Crippen LogP) is 2.77. The highest BCUT2D eigenvalue weighted by Gasteiger charge is 2.27. The minimum Gasteiger partial charge on any atom is -0.497 e. The van der Waals surface area contributed by atoms with Gasteiger partial charge in [0, 0.05) is 19.6 Å².